The van der Waals surface area contributed by atoms with E-state index in [4.69, 9.17) is 11.5 Å². The van der Waals surface area contributed by atoms with Crippen molar-refractivity contribution < 1.29 is 9.90 Å². The Morgan fingerprint density at radius 2 is 1.61 bits per heavy atom. The normalized spacial score (nSPS) is 8.67. The topological polar surface area (TPSA) is 37.3 Å². The quantitative estimate of drug-likeness (QED) is 0.773. The second-order valence-electron chi connectivity index (χ2n) is 3.65. The van der Waals surface area contributed by atoms with Gasteiger partial charge in [-0.2, -0.15) is 0 Å². The summed E-state index contributed by atoms with van der Waals surface area (Å²) in [6.45, 7) is 1.83. The number of aryl methyl sites for hydroxylation is 1. The summed E-state index contributed by atoms with van der Waals surface area (Å²) in [7, 11) is 0. The maximum atomic E-state index is 10.6. The van der Waals surface area contributed by atoms with Crippen LogP contribution in [0, 0.1) is 19.3 Å². The van der Waals surface area contributed by atoms with Gasteiger partial charge in [0.1, 0.15) is 0 Å². The molecule has 0 aromatic heterocycles. The molecule has 2 aromatic carbocycles. The molecular weight excluding hydrogens is 224 g/mol. The zero-order valence-electron chi connectivity index (χ0n) is 10.1. The number of rotatable bonds is 1. The molecular formula is C16H14O2. The van der Waals surface area contributed by atoms with Crippen molar-refractivity contribution in [1.82, 2.24) is 0 Å². The van der Waals surface area contributed by atoms with Crippen LogP contribution in [0.1, 0.15) is 21.5 Å². The van der Waals surface area contributed by atoms with Gasteiger partial charge < -0.3 is 5.11 Å². The third-order valence-corrected chi connectivity index (χ3v) is 2.23. The van der Waals surface area contributed by atoms with Gasteiger partial charge in [-0.1, -0.05) is 53.9 Å². The predicted molar refractivity (Wildman–Crippen MR) is 72.5 cm³/mol. The Morgan fingerprint density at radius 1 is 1.11 bits per heavy atom. The lowest BCUT2D eigenvalue weighted by Crippen LogP contribution is -2.00. The number of hydrogen-bond donors (Lipinski definition) is 1. The maximum absolute atomic E-state index is 10.6. The molecule has 2 nitrogen and oxygen atoms in total. The number of terminal acetylenes is 1. The zero-order chi connectivity index (χ0) is 13.4. The highest BCUT2D eigenvalue weighted by Crippen LogP contribution is 2.10. The van der Waals surface area contributed by atoms with E-state index >= 15 is 0 Å². The maximum Gasteiger partial charge on any atom is 0.336 e. The number of carboxylic acid groups (broad SMARTS) is 1. The molecule has 2 aromatic rings. The van der Waals surface area contributed by atoms with Crippen molar-refractivity contribution in [2.75, 3.05) is 0 Å². The summed E-state index contributed by atoms with van der Waals surface area (Å²) in [6.07, 6.45) is 5.13. The van der Waals surface area contributed by atoms with E-state index in [1.807, 2.05) is 43.3 Å². The second kappa shape index (κ2) is 6.93. The van der Waals surface area contributed by atoms with E-state index in [-0.39, 0.29) is 5.56 Å². The fraction of sp³-hybridized carbons (Fsp3) is 0.0625. The summed E-state index contributed by atoms with van der Waals surface area (Å²) in [6, 6.07) is 17.0. The lowest BCUT2D eigenvalue weighted by atomic mass is 10.1. The zero-order valence-corrected chi connectivity index (χ0v) is 10.1. The number of hydrogen-bond acceptors (Lipinski definition) is 1. The van der Waals surface area contributed by atoms with E-state index in [1.54, 1.807) is 18.2 Å². The van der Waals surface area contributed by atoms with E-state index in [0.717, 1.165) is 5.56 Å². The standard InChI is InChI=1S/C10H8O2.C6H6/c1-3-8-5-4-7(2)6-9(8)10(11)12;1-2-4-6-5-3-1/h1,4-6H,2H3,(H,11,12);1-6H. The van der Waals surface area contributed by atoms with E-state index in [9.17, 15) is 4.79 Å². The molecule has 0 amide bonds. The highest BCUT2D eigenvalue weighted by atomic mass is 16.4. The van der Waals surface area contributed by atoms with Gasteiger partial charge >= 0.3 is 5.97 Å². The van der Waals surface area contributed by atoms with Gasteiger partial charge in [0.15, 0.2) is 0 Å². The van der Waals surface area contributed by atoms with Gasteiger partial charge in [-0.3, -0.25) is 0 Å². The summed E-state index contributed by atoms with van der Waals surface area (Å²) < 4.78 is 0. The monoisotopic (exact) mass is 238 g/mol. The molecule has 0 aliphatic rings. The minimum atomic E-state index is -0.980. The first kappa shape index (κ1) is 13.5. The summed E-state index contributed by atoms with van der Waals surface area (Å²) in [5.74, 6) is 1.34. The minimum Gasteiger partial charge on any atom is -0.478 e. The van der Waals surface area contributed by atoms with Gasteiger partial charge in [0, 0.05) is 5.56 Å². The van der Waals surface area contributed by atoms with Crippen LogP contribution in [0.2, 0.25) is 0 Å². The first-order chi connectivity index (χ1) is 8.65. The number of aromatic carboxylic acids is 1. The van der Waals surface area contributed by atoms with Crippen LogP contribution in [0.4, 0.5) is 0 Å². The first-order valence-electron chi connectivity index (χ1n) is 5.45. The number of carbonyl (C=O) groups is 1. The van der Waals surface area contributed by atoms with Gasteiger partial charge in [-0.15, -0.1) is 6.42 Å². The Hall–Kier alpha value is -2.53. The van der Waals surface area contributed by atoms with Crippen molar-refractivity contribution in [3.63, 3.8) is 0 Å². The summed E-state index contributed by atoms with van der Waals surface area (Å²) in [4.78, 5) is 10.6. The molecule has 0 heterocycles. The average Bonchev–Trinajstić information content (AvgIpc) is 2.41. The highest BCUT2D eigenvalue weighted by Gasteiger charge is 2.07. The molecule has 2 rings (SSSR count). The Labute approximate surface area is 107 Å². The summed E-state index contributed by atoms with van der Waals surface area (Å²) >= 11 is 0. The van der Waals surface area contributed by atoms with Gasteiger partial charge in [-0.05, 0) is 19.1 Å². The predicted octanol–water partition coefficient (Wildman–Crippen LogP) is 3.36. The van der Waals surface area contributed by atoms with E-state index in [0.29, 0.717) is 5.56 Å². The van der Waals surface area contributed by atoms with Crippen molar-refractivity contribution in [2.45, 2.75) is 6.92 Å². The number of carboxylic acids is 1. The molecule has 0 aliphatic carbocycles. The van der Waals surface area contributed by atoms with E-state index in [1.165, 1.54) is 0 Å². The van der Waals surface area contributed by atoms with Crippen molar-refractivity contribution >= 4 is 5.97 Å². The molecule has 18 heavy (non-hydrogen) atoms. The van der Waals surface area contributed by atoms with Crippen LogP contribution >= 0.6 is 0 Å². The van der Waals surface area contributed by atoms with Crippen LogP contribution < -0.4 is 0 Å². The van der Waals surface area contributed by atoms with Crippen molar-refractivity contribution in [1.29, 1.82) is 0 Å². The van der Waals surface area contributed by atoms with Crippen molar-refractivity contribution in [3.05, 3.63) is 71.3 Å². The molecule has 0 radical (unpaired) electrons. The van der Waals surface area contributed by atoms with Crippen molar-refractivity contribution in [3.8, 4) is 12.3 Å². The largest absolute Gasteiger partial charge is 0.478 e. The molecule has 0 aliphatic heterocycles. The van der Waals surface area contributed by atoms with Gasteiger partial charge in [-0.25, -0.2) is 4.79 Å². The molecule has 0 atom stereocenters. The minimum absolute atomic E-state index is 0.192. The summed E-state index contributed by atoms with van der Waals surface area (Å²) in [5.41, 5.74) is 1.51. The smallest absolute Gasteiger partial charge is 0.336 e. The second-order valence-corrected chi connectivity index (χ2v) is 3.65. The van der Waals surface area contributed by atoms with Crippen LogP contribution in [0.25, 0.3) is 0 Å². The van der Waals surface area contributed by atoms with Crippen LogP contribution in [0.5, 0.6) is 0 Å². The van der Waals surface area contributed by atoms with Gasteiger partial charge in [0.05, 0.1) is 5.56 Å². The molecule has 0 fully saturated rings. The Bertz CT molecular complexity index is 524. The Kier molecular flexibility index (Phi) is 5.21. The lowest BCUT2D eigenvalue weighted by Gasteiger charge is -1.99. The van der Waals surface area contributed by atoms with E-state index < -0.39 is 5.97 Å². The molecule has 0 saturated carbocycles. The molecule has 0 spiro atoms. The van der Waals surface area contributed by atoms with Crippen LogP contribution in [0.3, 0.4) is 0 Å². The fourth-order valence-corrected chi connectivity index (χ4v) is 1.35. The third kappa shape index (κ3) is 4.15. The van der Waals surface area contributed by atoms with Gasteiger partial charge in [0.25, 0.3) is 0 Å². The molecule has 2 heteroatoms. The van der Waals surface area contributed by atoms with Gasteiger partial charge in [0.2, 0.25) is 0 Å². The molecule has 1 N–H and O–H groups in total. The molecule has 0 unspecified atom stereocenters. The van der Waals surface area contributed by atoms with Crippen LogP contribution in [-0.2, 0) is 0 Å². The molecule has 0 bridgehead atoms. The Morgan fingerprint density at radius 3 is 2.00 bits per heavy atom. The molecule has 90 valence electrons. The SMILES string of the molecule is C#Cc1ccc(C)cc1C(=O)O.c1ccccc1. The highest BCUT2D eigenvalue weighted by molar-refractivity contribution is 5.90. The average molecular weight is 238 g/mol. The Balaban J connectivity index is 0.000000225. The third-order valence-electron chi connectivity index (χ3n) is 2.23. The van der Waals surface area contributed by atoms with Crippen LogP contribution in [-0.4, -0.2) is 11.1 Å². The summed E-state index contributed by atoms with van der Waals surface area (Å²) in [5, 5.41) is 8.73. The van der Waals surface area contributed by atoms with Crippen LogP contribution in [0.15, 0.2) is 54.6 Å². The lowest BCUT2D eigenvalue weighted by molar-refractivity contribution is 0.0696. The van der Waals surface area contributed by atoms with Crippen molar-refractivity contribution in [2.24, 2.45) is 0 Å². The number of benzene rings is 2. The molecule has 0 saturated heterocycles. The fourth-order valence-electron chi connectivity index (χ4n) is 1.35. The van der Waals surface area contributed by atoms with E-state index in [2.05, 4.69) is 5.92 Å². The first-order valence-corrected chi connectivity index (χ1v) is 5.45.